The molecule has 1 saturated heterocycles. The van der Waals surface area contributed by atoms with Crippen LogP contribution >= 0.6 is 0 Å². The zero-order valence-electron chi connectivity index (χ0n) is 14.9. The summed E-state index contributed by atoms with van der Waals surface area (Å²) in [6.07, 6.45) is 2.06. The number of likely N-dealkylation sites (N-methyl/N-ethyl adjacent to an activating group) is 1. The van der Waals surface area contributed by atoms with Gasteiger partial charge < -0.3 is 14.8 Å². The number of pyridine rings is 1. The van der Waals surface area contributed by atoms with Crippen molar-refractivity contribution in [2.75, 3.05) is 32.8 Å². The molecule has 1 aromatic carbocycles. The summed E-state index contributed by atoms with van der Waals surface area (Å²) in [7, 11) is 0. The number of benzene rings is 1. The van der Waals surface area contributed by atoms with Crippen molar-refractivity contribution >= 4 is 0 Å². The standard InChI is InChI=1S/C20H27N3O2/c1-2-23-10-11-24-20(15-23)14-21-13-17-6-5-8-19(12-17)25-16-18-7-3-4-9-22-18/h3-9,12,20-21H,2,10-11,13-16H2,1H3. The first-order valence-electron chi connectivity index (χ1n) is 9.00. The lowest BCUT2D eigenvalue weighted by Crippen LogP contribution is -2.46. The van der Waals surface area contributed by atoms with E-state index in [2.05, 4.69) is 34.3 Å². The fraction of sp³-hybridized carbons (Fsp3) is 0.450. The molecule has 1 atom stereocenters. The maximum Gasteiger partial charge on any atom is 0.130 e. The Morgan fingerprint density at radius 1 is 1.28 bits per heavy atom. The molecule has 5 nitrogen and oxygen atoms in total. The Morgan fingerprint density at radius 2 is 2.24 bits per heavy atom. The van der Waals surface area contributed by atoms with Gasteiger partial charge in [0.1, 0.15) is 12.4 Å². The Balaban J connectivity index is 1.43. The lowest BCUT2D eigenvalue weighted by Gasteiger charge is -2.32. The largest absolute Gasteiger partial charge is 0.487 e. The first-order valence-corrected chi connectivity index (χ1v) is 9.00. The van der Waals surface area contributed by atoms with Gasteiger partial charge in [-0.05, 0) is 36.4 Å². The fourth-order valence-corrected chi connectivity index (χ4v) is 2.95. The van der Waals surface area contributed by atoms with Crippen LogP contribution in [0.1, 0.15) is 18.2 Å². The highest BCUT2D eigenvalue weighted by atomic mass is 16.5. The predicted octanol–water partition coefficient (Wildman–Crippen LogP) is 2.47. The maximum atomic E-state index is 5.84. The molecule has 1 N–H and O–H groups in total. The molecular formula is C20H27N3O2. The average molecular weight is 341 g/mol. The van der Waals surface area contributed by atoms with Crippen LogP contribution in [0.25, 0.3) is 0 Å². The van der Waals surface area contributed by atoms with Gasteiger partial charge in [-0.25, -0.2) is 0 Å². The first kappa shape index (κ1) is 17.9. The SMILES string of the molecule is CCN1CCOC(CNCc2cccc(OCc3ccccn3)c2)C1. The van der Waals surface area contributed by atoms with Crippen LogP contribution in [-0.2, 0) is 17.9 Å². The second-order valence-electron chi connectivity index (χ2n) is 6.27. The van der Waals surface area contributed by atoms with Gasteiger partial charge in [-0.3, -0.25) is 9.88 Å². The molecule has 1 unspecified atom stereocenters. The van der Waals surface area contributed by atoms with Crippen molar-refractivity contribution in [3.8, 4) is 5.75 Å². The molecule has 3 rings (SSSR count). The quantitative estimate of drug-likeness (QED) is 0.799. The molecular weight excluding hydrogens is 314 g/mol. The number of ether oxygens (including phenoxy) is 2. The van der Waals surface area contributed by atoms with Crippen LogP contribution in [0.4, 0.5) is 0 Å². The first-order chi connectivity index (χ1) is 12.3. The zero-order valence-corrected chi connectivity index (χ0v) is 14.9. The van der Waals surface area contributed by atoms with E-state index in [1.807, 2.05) is 30.3 Å². The molecule has 134 valence electrons. The van der Waals surface area contributed by atoms with Crippen molar-refractivity contribution in [2.45, 2.75) is 26.2 Å². The molecule has 0 saturated carbocycles. The molecule has 1 aromatic heterocycles. The molecule has 2 aromatic rings. The highest BCUT2D eigenvalue weighted by molar-refractivity contribution is 5.28. The molecule has 1 aliphatic heterocycles. The van der Waals surface area contributed by atoms with E-state index in [1.165, 1.54) is 5.56 Å². The molecule has 1 fully saturated rings. The number of hydrogen-bond donors (Lipinski definition) is 1. The van der Waals surface area contributed by atoms with Crippen LogP contribution in [0.5, 0.6) is 5.75 Å². The molecule has 0 bridgehead atoms. The summed E-state index contributed by atoms with van der Waals surface area (Å²) in [5, 5.41) is 3.50. The van der Waals surface area contributed by atoms with Gasteiger partial charge in [0.15, 0.2) is 0 Å². The Hall–Kier alpha value is -1.95. The van der Waals surface area contributed by atoms with Gasteiger partial charge in [0.2, 0.25) is 0 Å². The number of hydrogen-bond acceptors (Lipinski definition) is 5. The summed E-state index contributed by atoms with van der Waals surface area (Å²) >= 11 is 0. The van der Waals surface area contributed by atoms with E-state index in [1.54, 1.807) is 6.20 Å². The van der Waals surface area contributed by atoms with Gasteiger partial charge in [-0.1, -0.05) is 25.1 Å². The second-order valence-corrected chi connectivity index (χ2v) is 6.27. The topological polar surface area (TPSA) is 46.6 Å². The number of morpholine rings is 1. The van der Waals surface area contributed by atoms with E-state index in [4.69, 9.17) is 9.47 Å². The number of nitrogens with zero attached hydrogens (tertiary/aromatic N) is 2. The van der Waals surface area contributed by atoms with Gasteiger partial charge in [0.25, 0.3) is 0 Å². The van der Waals surface area contributed by atoms with Crippen molar-refractivity contribution in [2.24, 2.45) is 0 Å². The Labute approximate surface area is 150 Å². The van der Waals surface area contributed by atoms with Gasteiger partial charge in [-0.15, -0.1) is 0 Å². The summed E-state index contributed by atoms with van der Waals surface area (Å²) in [4.78, 5) is 6.71. The van der Waals surface area contributed by atoms with Crippen LogP contribution < -0.4 is 10.1 Å². The fourth-order valence-electron chi connectivity index (χ4n) is 2.95. The summed E-state index contributed by atoms with van der Waals surface area (Å²) in [6, 6.07) is 14.0. The van der Waals surface area contributed by atoms with Crippen LogP contribution in [0.3, 0.4) is 0 Å². The minimum Gasteiger partial charge on any atom is -0.487 e. The van der Waals surface area contributed by atoms with Crippen molar-refractivity contribution in [1.82, 2.24) is 15.2 Å². The third kappa shape index (κ3) is 5.81. The zero-order chi connectivity index (χ0) is 17.3. The average Bonchev–Trinajstić information content (AvgIpc) is 2.68. The Bertz CT molecular complexity index is 636. The van der Waals surface area contributed by atoms with Crippen LogP contribution in [0.15, 0.2) is 48.7 Å². The molecule has 5 heteroatoms. The molecule has 0 spiro atoms. The van der Waals surface area contributed by atoms with Crippen molar-refractivity contribution in [3.63, 3.8) is 0 Å². The molecule has 0 radical (unpaired) electrons. The van der Waals surface area contributed by atoms with Crippen molar-refractivity contribution in [3.05, 3.63) is 59.9 Å². The number of rotatable bonds is 8. The van der Waals surface area contributed by atoms with E-state index < -0.39 is 0 Å². The smallest absolute Gasteiger partial charge is 0.130 e. The highest BCUT2D eigenvalue weighted by Gasteiger charge is 2.18. The third-order valence-electron chi connectivity index (χ3n) is 4.38. The third-order valence-corrected chi connectivity index (χ3v) is 4.38. The Morgan fingerprint density at radius 3 is 3.08 bits per heavy atom. The van der Waals surface area contributed by atoms with Gasteiger partial charge in [0.05, 0.1) is 18.4 Å². The minimum atomic E-state index is 0.275. The van der Waals surface area contributed by atoms with Crippen LogP contribution in [0, 0.1) is 0 Å². The number of aromatic nitrogens is 1. The lowest BCUT2D eigenvalue weighted by molar-refractivity contribution is -0.0253. The second kappa shape index (κ2) is 9.51. The maximum absolute atomic E-state index is 5.84. The Kier molecular flexibility index (Phi) is 6.79. The lowest BCUT2D eigenvalue weighted by atomic mass is 10.2. The molecule has 2 heterocycles. The summed E-state index contributed by atoms with van der Waals surface area (Å²) in [5.41, 5.74) is 2.14. The highest BCUT2D eigenvalue weighted by Crippen LogP contribution is 2.15. The summed E-state index contributed by atoms with van der Waals surface area (Å²) in [6.45, 7) is 8.35. The van der Waals surface area contributed by atoms with E-state index in [0.717, 1.165) is 50.8 Å². The van der Waals surface area contributed by atoms with Gasteiger partial charge >= 0.3 is 0 Å². The van der Waals surface area contributed by atoms with Crippen LogP contribution in [0.2, 0.25) is 0 Å². The predicted molar refractivity (Wildman–Crippen MR) is 98.6 cm³/mol. The number of nitrogens with one attached hydrogen (secondary N) is 1. The molecule has 0 aliphatic carbocycles. The van der Waals surface area contributed by atoms with Crippen molar-refractivity contribution in [1.29, 1.82) is 0 Å². The van der Waals surface area contributed by atoms with Gasteiger partial charge in [0, 0.05) is 32.4 Å². The molecule has 25 heavy (non-hydrogen) atoms. The van der Waals surface area contributed by atoms with Crippen molar-refractivity contribution < 1.29 is 9.47 Å². The van der Waals surface area contributed by atoms with Crippen LogP contribution in [-0.4, -0.2) is 48.8 Å². The summed E-state index contributed by atoms with van der Waals surface area (Å²) in [5.74, 6) is 0.871. The summed E-state index contributed by atoms with van der Waals surface area (Å²) < 4.78 is 11.7. The van der Waals surface area contributed by atoms with Gasteiger partial charge in [-0.2, -0.15) is 0 Å². The van der Waals surface area contributed by atoms with E-state index >= 15 is 0 Å². The van der Waals surface area contributed by atoms with E-state index in [9.17, 15) is 0 Å². The monoisotopic (exact) mass is 341 g/mol. The molecule has 0 amide bonds. The van der Waals surface area contributed by atoms with E-state index in [0.29, 0.717) is 6.61 Å². The molecule has 1 aliphatic rings. The van der Waals surface area contributed by atoms with E-state index in [-0.39, 0.29) is 6.10 Å². The minimum absolute atomic E-state index is 0.275. The normalized spacial score (nSPS) is 18.2.